The third kappa shape index (κ3) is 1.28. The molecule has 5 heteroatoms. The molecule has 0 atom stereocenters. The van der Waals surface area contributed by atoms with Crippen molar-refractivity contribution in [2.45, 2.75) is 6.92 Å². The van der Waals surface area contributed by atoms with Gasteiger partial charge in [0.05, 0.1) is 11.3 Å². The van der Waals surface area contributed by atoms with Gasteiger partial charge in [-0.05, 0) is 19.1 Å². The second-order valence-corrected chi connectivity index (χ2v) is 2.99. The maximum atomic E-state index is 9.64. The fourth-order valence-corrected chi connectivity index (χ4v) is 1.20. The molecule has 0 amide bonds. The average Bonchev–Trinajstić information content (AvgIpc) is 2.57. The number of phenols is 1. The standard InChI is InChI=1S/C9H10N4O/c1-5-11-9(13-12-5)6-3-2-4-7(10)8(6)14/h2-4,14H,10H2,1H3,(H,11,12,13). The van der Waals surface area contributed by atoms with Crippen molar-refractivity contribution in [1.82, 2.24) is 15.2 Å². The van der Waals surface area contributed by atoms with E-state index < -0.39 is 0 Å². The molecule has 0 aliphatic heterocycles. The van der Waals surface area contributed by atoms with E-state index in [0.717, 1.165) is 0 Å². The largest absolute Gasteiger partial charge is 0.505 e. The molecule has 0 saturated heterocycles. The van der Waals surface area contributed by atoms with E-state index in [2.05, 4.69) is 15.2 Å². The van der Waals surface area contributed by atoms with Crippen molar-refractivity contribution in [2.24, 2.45) is 0 Å². The number of aromatic amines is 1. The highest BCUT2D eigenvalue weighted by molar-refractivity contribution is 5.72. The number of H-pyrrole nitrogens is 1. The molecule has 0 unspecified atom stereocenters. The highest BCUT2D eigenvalue weighted by atomic mass is 16.3. The Bertz CT molecular complexity index is 464. The molecule has 0 saturated carbocycles. The van der Waals surface area contributed by atoms with Gasteiger partial charge >= 0.3 is 0 Å². The van der Waals surface area contributed by atoms with Gasteiger partial charge in [-0.25, -0.2) is 4.98 Å². The highest BCUT2D eigenvalue weighted by Crippen LogP contribution is 2.31. The van der Waals surface area contributed by atoms with Crippen molar-refractivity contribution in [3.8, 4) is 17.1 Å². The number of benzene rings is 1. The van der Waals surface area contributed by atoms with Crippen molar-refractivity contribution < 1.29 is 5.11 Å². The van der Waals surface area contributed by atoms with Gasteiger partial charge in [-0.15, -0.1) is 0 Å². The summed E-state index contributed by atoms with van der Waals surface area (Å²) in [7, 11) is 0. The van der Waals surface area contributed by atoms with Crippen LogP contribution in [0, 0.1) is 6.92 Å². The van der Waals surface area contributed by atoms with Gasteiger partial charge in [0.1, 0.15) is 11.6 Å². The molecule has 0 aliphatic carbocycles. The molecule has 0 fully saturated rings. The SMILES string of the molecule is Cc1nc(-c2cccc(N)c2O)n[nH]1. The predicted octanol–water partition coefficient (Wildman–Crippen LogP) is 1.07. The Hall–Kier alpha value is -2.04. The number of rotatable bonds is 1. The summed E-state index contributed by atoms with van der Waals surface area (Å²) in [6.07, 6.45) is 0. The summed E-state index contributed by atoms with van der Waals surface area (Å²) in [5.74, 6) is 1.17. The molecule has 0 spiro atoms. The van der Waals surface area contributed by atoms with E-state index in [0.29, 0.717) is 22.9 Å². The van der Waals surface area contributed by atoms with Crippen LogP contribution in [-0.4, -0.2) is 20.3 Å². The number of hydrogen-bond donors (Lipinski definition) is 3. The first kappa shape index (κ1) is 8.55. The maximum Gasteiger partial charge on any atom is 0.184 e. The van der Waals surface area contributed by atoms with Crippen molar-refractivity contribution in [1.29, 1.82) is 0 Å². The fraction of sp³-hybridized carbons (Fsp3) is 0.111. The van der Waals surface area contributed by atoms with Crippen LogP contribution in [0.4, 0.5) is 5.69 Å². The second-order valence-electron chi connectivity index (χ2n) is 2.99. The van der Waals surface area contributed by atoms with Gasteiger partial charge < -0.3 is 10.8 Å². The Labute approximate surface area is 80.6 Å². The summed E-state index contributed by atoms with van der Waals surface area (Å²) < 4.78 is 0. The van der Waals surface area contributed by atoms with Gasteiger partial charge in [0.2, 0.25) is 0 Å². The smallest absolute Gasteiger partial charge is 0.184 e. The third-order valence-electron chi connectivity index (χ3n) is 1.91. The van der Waals surface area contributed by atoms with E-state index in [1.165, 1.54) is 0 Å². The zero-order valence-corrected chi connectivity index (χ0v) is 7.65. The minimum absolute atomic E-state index is 0.0199. The first-order chi connectivity index (χ1) is 6.68. The molecule has 2 rings (SSSR count). The maximum absolute atomic E-state index is 9.64. The summed E-state index contributed by atoms with van der Waals surface area (Å²) in [6, 6.07) is 5.09. The number of nitrogen functional groups attached to an aromatic ring is 1. The van der Waals surface area contributed by atoms with Crippen molar-refractivity contribution in [3.05, 3.63) is 24.0 Å². The van der Waals surface area contributed by atoms with Gasteiger partial charge in [0, 0.05) is 0 Å². The zero-order valence-electron chi connectivity index (χ0n) is 7.65. The van der Waals surface area contributed by atoms with Gasteiger partial charge in [0.15, 0.2) is 5.82 Å². The Balaban J connectivity index is 2.57. The van der Waals surface area contributed by atoms with Crippen molar-refractivity contribution >= 4 is 5.69 Å². The molecule has 0 bridgehead atoms. The molecule has 5 nitrogen and oxygen atoms in total. The van der Waals surface area contributed by atoms with E-state index >= 15 is 0 Å². The molecule has 2 aromatic rings. The molecular weight excluding hydrogens is 180 g/mol. The lowest BCUT2D eigenvalue weighted by Gasteiger charge is -2.01. The van der Waals surface area contributed by atoms with E-state index in [4.69, 9.17) is 5.73 Å². The van der Waals surface area contributed by atoms with E-state index in [1.54, 1.807) is 25.1 Å². The van der Waals surface area contributed by atoms with E-state index in [1.807, 2.05) is 0 Å². The van der Waals surface area contributed by atoms with Crippen molar-refractivity contribution in [3.63, 3.8) is 0 Å². The summed E-state index contributed by atoms with van der Waals surface area (Å²) in [4.78, 5) is 4.10. The minimum atomic E-state index is 0.0199. The highest BCUT2D eigenvalue weighted by Gasteiger charge is 2.10. The van der Waals surface area contributed by atoms with Gasteiger partial charge in [-0.2, -0.15) is 5.10 Å². The normalized spacial score (nSPS) is 10.4. The summed E-state index contributed by atoms with van der Waals surface area (Å²) in [6.45, 7) is 1.79. The van der Waals surface area contributed by atoms with Crippen LogP contribution in [0.15, 0.2) is 18.2 Å². The van der Waals surface area contributed by atoms with Gasteiger partial charge in [-0.1, -0.05) is 6.07 Å². The number of aromatic nitrogens is 3. The molecule has 1 aromatic carbocycles. The first-order valence-electron chi connectivity index (χ1n) is 4.15. The molecule has 1 heterocycles. The van der Waals surface area contributed by atoms with E-state index in [-0.39, 0.29) is 5.75 Å². The van der Waals surface area contributed by atoms with Crippen LogP contribution >= 0.6 is 0 Å². The number of nitrogens with two attached hydrogens (primary N) is 1. The lowest BCUT2D eigenvalue weighted by Crippen LogP contribution is -1.88. The number of nitrogens with zero attached hydrogens (tertiary/aromatic N) is 2. The van der Waals surface area contributed by atoms with Crippen LogP contribution in [0.5, 0.6) is 5.75 Å². The molecule has 1 aromatic heterocycles. The van der Waals surface area contributed by atoms with Crippen LogP contribution < -0.4 is 5.73 Å². The number of para-hydroxylation sites is 1. The first-order valence-corrected chi connectivity index (χ1v) is 4.15. The summed E-state index contributed by atoms with van der Waals surface area (Å²) >= 11 is 0. The van der Waals surface area contributed by atoms with Crippen LogP contribution in [-0.2, 0) is 0 Å². The molecule has 14 heavy (non-hydrogen) atoms. The molecular formula is C9H10N4O. The molecule has 72 valence electrons. The lowest BCUT2D eigenvalue weighted by atomic mass is 10.1. The number of nitrogens with one attached hydrogen (secondary N) is 1. The summed E-state index contributed by atoms with van der Waals surface area (Å²) in [5, 5.41) is 16.3. The third-order valence-corrected chi connectivity index (χ3v) is 1.91. The van der Waals surface area contributed by atoms with Gasteiger partial charge in [-0.3, -0.25) is 5.10 Å². The Kier molecular flexibility index (Phi) is 1.85. The Morgan fingerprint density at radius 1 is 1.43 bits per heavy atom. The fourth-order valence-electron chi connectivity index (χ4n) is 1.20. The lowest BCUT2D eigenvalue weighted by molar-refractivity contribution is 0.479. The van der Waals surface area contributed by atoms with Crippen molar-refractivity contribution in [2.75, 3.05) is 5.73 Å². The quantitative estimate of drug-likeness (QED) is 0.463. The van der Waals surface area contributed by atoms with Crippen LogP contribution in [0.3, 0.4) is 0 Å². The number of aryl methyl sites for hydroxylation is 1. The molecule has 4 N–H and O–H groups in total. The zero-order chi connectivity index (χ0) is 10.1. The van der Waals surface area contributed by atoms with Gasteiger partial charge in [0.25, 0.3) is 0 Å². The number of anilines is 1. The second kappa shape index (κ2) is 3.02. The topological polar surface area (TPSA) is 87.8 Å². The summed E-state index contributed by atoms with van der Waals surface area (Å²) in [5.41, 5.74) is 6.41. The number of aromatic hydroxyl groups is 1. The Morgan fingerprint density at radius 3 is 2.86 bits per heavy atom. The van der Waals surface area contributed by atoms with Crippen LogP contribution in [0.2, 0.25) is 0 Å². The Morgan fingerprint density at radius 2 is 2.21 bits per heavy atom. The average molecular weight is 190 g/mol. The minimum Gasteiger partial charge on any atom is -0.505 e. The van der Waals surface area contributed by atoms with Crippen LogP contribution in [0.1, 0.15) is 5.82 Å². The van der Waals surface area contributed by atoms with Crippen LogP contribution in [0.25, 0.3) is 11.4 Å². The van der Waals surface area contributed by atoms with E-state index in [9.17, 15) is 5.11 Å². The number of phenolic OH excluding ortho intramolecular Hbond substituents is 1. The molecule has 0 radical (unpaired) electrons. The predicted molar refractivity (Wildman–Crippen MR) is 52.6 cm³/mol. The molecule has 0 aliphatic rings. The number of hydrogen-bond acceptors (Lipinski definition) is 4. The monoisotopic (exact) mass is 190 g/mol.